The van der Waals surface area contributed by atoms with Gasteiger partial charge in [0.2, 0.25) is 10.0 Å². The molecule has 7 heteroatoms. The molecular formula is C13H17Br2NO3S. The summed E-state index contributed by atoms with van der Waals surface area (Å²) in [6.45, 7) is 4.43. The summed E-state index contributed by atoms with van der Waals surface area (Å²) in [4.78, 5) is 0.275. The van der Waals surface area contributed by atoms with Gasteiger partial charge in [0.15, 0.2) is 0 Å². The van der Waals surface area contributed by atoms with Crippen molar-refractivity contribution in [1.29, 1.82) is 0 Å². The second-order valence-corrected chi connectivity index (χ2v) is 8.66. The van der Waals surface area contributed by atoms with Crippen LogP contribution >= 0.6 is 31.9 Å². The quantitative estimate of drug-likeness (QED) is 0.744. The second-order valence-electron chi connectivity index (χ2n) is 4.98. The van der Waals surface area contributed by atoms with Crippen LogP contribution in [0, 0.1) is 6.92 Å². The number of nitrogens with zero attached hydrogens (tertiary/aromatic N) is 1. The fourth-order valence-corrected chi connectivity index (χ4v) is 5.44. The molecule has 0 amide bonds. The lowest BCUT2D eigenvalue weighted by Crippen LogP contribution is -2.41. The molecule has 20 heavy (non-hydrogen) atoms. The van der Waals surface area contributed by atoms with Gasteiger partial charge in [0.25, 0.3) is 0 Å². The zero-order valence-corrected chi connectivity index (χ0v) is 15.5. The van der Waals surface area contributed by atoms with Crippen LogP contribution in [0.25, 0.3) is 0 Å². The molecule has 112 valence electrons. The number of rotatable bonds is 3. The predicted octanol–water partition coefficient (Wildman–Crippen LogP) is 3.32. The number of hydrogen-bond acceptors (Lipinski definition) is 3. The van der Waals surface area contributed by atoms with E-state index in [0.717, 1.165) is 16.5 Å². The van der Waals surface area contributed by atoms with Crippen molar-refractivity contribution in [3.05, 3.63) is 26.6 Å². The van der Waals surface area contributed by atoms with Gasteiger partial charge in [-0.1, -0.05) is 15.9 Å². The van der Waals surface area contributed by atoms with Gasteiger partial charge in [-0.25, -0.2) is 8.42 Å². The van der Waals surface area contributed by atoms with Crippen molar-refractivity contribution in [3.63, 3.8) is 0 Å². The van der Waals surface area contributed by atoms with Crippen LogP contribution in [0.15, 0.2) is 26.0 Å². The van der Waals surface area contributed by atoms with E-state index in [-0.39, 0.29) is 17.0 Å². The van der Waals surface area contributed by atoms with E-state index in [4.69, 9.17) is 4.74 Å². The van der Waals surface area contributed by atoms with E-state index in [9.17, 15) is 8.42 Å². The Morgan fingerprint density at radius 3 is 2.50 bits per heavy atom. The van der Waals surface area contributed by atoms with Gasteiger partial charge in [0.1, 0.15) is 0 Å². The van der Waals surface area contributed by atoms with Gasteiger partial charge < -0.3 is 4.74 Å². The molecule has 0 spiro atoms. The number of aryl methyl sites for hydroxylation is 1. The fourth-order valence-electron chi connectivity index (χ4n) is 2.36. The summed E-state index contributed by atoms with van der Waals surface area (Å²) in [5.74, 6) is 0. The van der Waals surface area contributed by atoms with E-state index in [0.29, 0.717) is 11.1 Å². The van der Waals surface area contributed by atoms with E-state index >= 15 is 0 Å². The lowest BCUT2D eigenvalue weighted by atomic mass is 10.2. The Hall–Kier alpha value is 0.0500. The average Bonchev–Trinajstić information content (AvgIpc) is 2.78. The van der Waals surface area contributed by atoms with Gasteiger partial charge in [-0.2, -0.15) is 4.31 Å². The van der Waals surface area contributed by atoms with Gasteiger partial charge in [-0.15, -0.1) is 0 Å². The topological polar surface area (TPSA) is 46.6 Å². The monoisotopic (exact) mass is 425 g/mol. The Labute approximate surface area is 136 Å². The van der Waals surface area contributed by atoms with Crippen molar-refractivity contribution in [1.82, 2.24) is 4.31 Å². The summed E-state index contributed by atoms with van der Waals surface area (Å²) >= 11 is 6.74. The second kappa shape index (κ2) is 6.04. The van der Waals surface area contributed by atoms with Crippen molar-refractivity contribution in [2.45, 2.75) is 37.3 Å². The third kappa shape index (κ3) is 2.97. The highest BCUT2D eigenvalue weighted by Gasteiger charge is 2.36. The SMILES string of the molecule is Cc1cc(Br)c(S(=O)(=O)N(C)C2CCOC2C)cc1Br. The van der Waals surface area contributed by atoms with Crippen molar-refractivity contribution >= 4 is 41.9 Å². The highest BCUT2D eigenvalue weighted by molar-refractivity contribution is 9.11. The van der Waals surface area contributed by atoms with Crippen LogP contribution in [0.5, 0.6) is 0 Å². The lowest BCUT2D eigenvalue weighted by molar-refractivity contribution is 0.102. The maximum Gasteiger partial charge on any atom is 0.244 e. The number of hydrogen-bond donors (Lipinski definition) is 0. The number of ether oxygens (including phenoxy) is 1. The van der Waals surface area contributed by atoms with E-state index in [1.54, 1.807) is 19.2 Å². The van der Waals surface area contributed by atoms with Crippen LogP contribution < -0.4 is 0 Å². The van der Waals surface area contributed by atoms with Crippen LogP contribution in [0.2, 0.25) is 0 Å². The zero-order valence-electron chi connectivity index (χ0n) is 11.6. The van der Waals surface area contributed by atoms with Crippen LogP contribution in [-0.4, -0.2) is 38.5 Å². The molecule has 2 atom stereocenters. The third-order valence-corrected chi connectivity index (χ3v) is 7.37. The minimum atomic E-state index is -3.55. The molecule has 0 N–H and O–H groups in total. The van der Waals surface area contributed by atoms with Gasteiger partial charge in [-0.05, 0) is 53.9 Å². The molecule has 1 aliphatic heterocycles. The maximum atomic E-state index is 12.8. The minimum absolute atomic E-state index is 0.0811. The first-order chi connectivity index (χ1) is 9.25. The summed E-state index contributed by atoms with van der Waals surface area (Å²) in [6, 6.07) is 3.33. The highest BCUT2D eigenvalue weighted by atomic mass is 79.9. The molecule has 2 unspecified atom stereocenters. The first-order valence-corrected chi connectivity index (χ1v) is 9.33. The van der Waals surface area contributed by atoms with Crippen molar-refractivity contribution < 1.29 is 13.2 Å². The number of sulfonamides is 1. The van der Waals surface area contributed by atoms with Crippen molar-refractivity contribution in [3.8, 4) is 0 Å². The maximum absolute atomic E-state index is 12.8. The average molecular weight is 427 g/mol. The Morgan fingerprint density at radius 2 is 1.95 bits per heavy atom. The summed E-state index contributed by atoms with van der Waals surface area (Å²) < 4.78 is 33.8. The van der Waals surface area contributed by atoms with Crippen LogP contribution in [0.3, 0.4) is 0 Å². The van der Waals surface area contributed by atoms with Crippen LogP contribution in [0.4, 0.5) is 0 Å². The molecule has 2 rings (SSSR count). The van der Waals surface area contributed by atoms with Gasteiger partial charge in [0.05, 0.1) is 17.0 Å². The summed E-state index contributed by atoms with van der Waals surface area (Å²) in [7, 11) is -1.93. The number of benzene rings is 1. The molecule has 1 aliphatic rings. The molecule has 1 aromatic rings. The third-order valence-electron chi connectivity index (χ3n) is 3.67. The van der Waals surface area contributed by atoms with Gasteiger partial charge in [0, 0.05) is 22.6 Å². The first kappa shape index (κ1) is 16.4. The highest BCUT2D eigenvalue weighted by Crippen LogP contribution is 2.32. The van der Waals surface area contributed by atoms with Crippen LogP contribution in [0.1, 0.15) is 18.9 Å². The molecular weight excluding hydrogens is 410 g/mol. The molecule has 1 fully saturated rings. The molecule has 0 radical (unpaired) electrons. The number of halogens is 2. The Morgan fingerprint density at radius 1 is 1.30 bits per heavy atom. The van der Waals surface area contributed by atoms with Crippen molar-refractivity contribution in [2.75, 3.05) is 13.7 Å². The standard InChI is InChI=1S/C13H17Br2NO3S/c1-8-6-11(15)13(7-10(8)14)20(17,18)16(3)12-4-5-19-9(12)2/h6-7,9,12H,4-5H2,1-3H3. The Kier molecular flexibility index (Phi) is 4.96. The largest absolute Gasteiger partial charge is 0.377 e. The minimum Gasteiger partial charge on any atom is -0.377 e. The molecule has 1 aromatic carbocycles. The molecule has 1 saturated heterocycles. The van der Waals surface area contributed by atoms with E-state index < -0.39 is 10.0 Å². The molecule has 0 saturated carbocycles. The van der Waals surface area contributed by atoms with E-state index in [1.807, 2.05) is 13.8 Å². The van der Waals surface area contributed by atoms with Crippen molar-refractivity contribution in [2.24, 2.45) is 0 Å². The molecule has 1 heterocycles. The predicted molar refractivity (Wildman–Crippen MR) is 85.3 cm³/mol. The Balaban J connectivity index is 2.42. The zero-order chi connectivity index (χ0) is 15.1. The molecule has 0 aromatic heterocycles. The smallest absolute Gasteiger partial charge is 0.244 e. The summed E-state index contributed by atoms with van der Waals surface area (Å²) in [5.41, 5.74) is 0.982. The normalized spacial score (nSPS) is 23.5. The summed E-state index contributed by atoms with van der Waals surface area (Å²) in [5, 5.41) is 0. The molecule has 0 aliphatic carbocycles. The lowest BCUT2D eigenvalue weighted by Gasteiger charge is -2.26. The van der Waals surface area contributed by atoms with Crippen LogP contribution in [-0.2, 0) is 14.8 Å². The Bertz CT molecular complexity index is 618. The molecule has 0 bridgehead atoms. The number of likely N-dealkylation sites (N-methyl/N-ethyl adjacent to an activating group) is 1. The first-order valence-electron chi connectivity index (χ1n) is 6.30. The fraction of sp³-hybridized carbons (Fsp3) is 0.538. The van der Waals surface area contributed by atoms with E-state index in [1.165, 1.54) is 4.31 Å². The van der Waals surface area contributed by atoms with Gasteiger partial charge in [-0.3, -0.25) is 0 Å². The van der Waals surface area contributed by atoms with E-state index in [2.05, 4.69) is 31.9 Å². The van der Waals surface area contributed by atoms with Gasteiger partial charge >= 0.3 is 0 Å². The summed E-state index contributed by atoms with van der Waals surface area (Å²) in [6.07, 6.45) is 0.643. The molecule has 4 nitrogen and oxygen atoms in total.